The maximum atomic E-state index is 11.8. The molecule has 1 aromatic carbocycles. The molecule has 0 saturated carbocycles. The highest BCUT2D eigenvalue weighted by Crippen LogP contribution is 2.17. The first-order chi connectivity index (χ1) is 10.6. The molecule has 6 heteroatoms. The fourth-order valence-electron chi connectivity index (χ4n) is 2.03. The summed E-state index contributed by atoms with van der Waals surface area (Å²) in [7, 11) is 0. The van der Waals surface area contributed by atoms with E-state index in [1.54, 1.807) is 40.5 Å². The molecule has 0 atom stereocenters. The van der Waals surface area contributed by atoms with Crippen LogP contribution in [0.25, 0.3) is 0 Å². The maximum Gasteiger partial charge on any atom is 0.225 e. The maximum absolute atomic E-state index is 11.8. The lowest BCUT2D eigenvalue weighted by molar-refractivity contribution is -0.120. The highest BCUT2D eigenvalue weighted by atomic mass is 35.5. The Hall–Kier alpha value is -1.85. The second-order valence-corrected chi connectivity index (χ2v) is 6.22. The summed E-state index contributed by atoms with van der Waals surface area (Å²) >= 11 is 7.41. The number of carbonyl (C=O) groups excluding carboxylic acids is 2. The van der Waals surface area contributed by atoms with Crippen LogP contribution >= 0.6 is 22.9 Å². The van der Waals surface area contributed by atoms with Gasteiger partial charge in [0.2, 0.25) is 11.8 Å². The smallest absolute Gasteiger partial charge is 0.225 e. The Morgan fingerprint density at radius 3 is 2.55 bits per heavy atom. The Labute approximate surface area is 138 Å². The van der Waals surface area contributed by atoms with Crippen LogP contribution in [-0.4, -0.2) is 24.9 Å². The van der Waals surface area contributed by atoms with Crippen LogP contribution in [0.15, 0.2) is 41.8 Å². The van der Waals surface area contributed by atoms with Gasteiger partial charge in [-0.3, -0.25) is 9.59 Å². The van der Waals surface area contributed by atoms with Crippen molar-refractivity contribution in [1.82, 2.24) is 5.32 Å². The number of halogens is 1. The Kier molecular flexibility index (Phi) is 5.98. The fourth-order valence-corrected chi connectivity index (χ4v) is 2.86. The van der Waals surface area contributed by atoms with Crippen molar-refractivity contribution >= 4 is 40.4 Å². The number of hydrogen-bond donors (Lipinski definition) is 1. The summed E-state index contributed by atoms with van der Waals surface area (Å²) in [6.07, 6.45) is 0.374. The molecule has 0 spiro atoms. The average Bonchev–Trinajstić information content (AvgIpc) is 2.97. The zero-order valence-electron chi connectivity index (χ0n) is 12.2. The number of rotatable bonds is 6. The van der Waals surface area contributed by atoms with E-state index >= 15 is 0 Å². The molecule has 2 amide bonds. The van der Waals surface area contributed by atoms with Crippen molar-refractivity contribution in [2.24, 2.45) is 0 Å². The molecule has 22 heavy (non-hydrogen) atoms. The number of amides is 2. The minimum atomic E-state index is -0.0742. The largest absolute Gasteiger partial charge is 0.354 e. The van der Waals surface area contributed by atoms with Crippen LogP contribution in [0.2, 0.25) is 5.02 Å². The average molecular weight is 337 g/mol. The van der Waals surface area contributed by atoms with Crippen molar-refractivity contribution in [1.29, 1.82) is 0 Å². The number of nitrogens with zero attached hydrogens (tertiary/aromatic N) is 1. The number of hydrogen-bond acceptors (Lipinski definition) is 3. The zero-order chi connectivity index (χ0) is 15.9. The summed E-state index contributed by atoms with van der Waals surface area (Å²) in [6, 6.07) is 10.9. The molecule has 1 N–H and O–H groups in total. The summed E-state index contributed by atoms with van der Waals surface area (Å²) < 4.78 is 0. The summed E-state index contributed by atoms with van der Waals surface area (Å²) in [5.74, 6) is -0.114. The highest BCUT2D eigenvalue weighted by Gasteiger charge is 2.12. The predicted octanol–water partition coefficient (Wildman–Crippen LogP) is 3.11. The van der Waals surface area contributed by atoms with Gasteiger partial charge in [0.25, 0.3) is 0 Å². The van der Waals surface area contributed by atoms with Crippen molar-refractivity contribution in [2.75, 3.05) is 18.0 Å². The molecule has 0 saturated heterocycles. The lowest BCUT2D eigenvalue weighted by atomic mass is 10.2. The molecule has 0 bridgehead atoms. The molecule has 116 valence electrons. The van der Waals surface area contributed by atoms with E-state index in [0.717, 1.165) is 10.6 Å². The van der Waals surface area contributed by atoms with Gasteiger partial charge in [0.1, 0.15) is 0 Å². The third-order valence-corrected chi connectivity index (χ3v) is 4.22. The van der Waals surface area contributed by atoms with Crippen molar-refractivity contribution in [3.8, 4) is 0 Å². The van der Waals surface area contributed by atoms with Gasteiger partial charge in [-0.25, -0.2) is 0 Å². The van der Waals surface area contributed by atoms with Gasteiger partial charge in [-0.05, 0) is 35.7 Å². The van der Waals surface area contributed by atoms with Crippen LogP contribution < -0.4 is 10.2 Å². The number of anilines is 1. The van der Waals surface area contributed by atoms with Crippen LogP contribution in [0, 0.1) is 0 Å². The van der Waals surface area contributed by atoms with E-state index in [0.29, 0.717) is 24.5 Å². The van der Waals surface area contributed by atoms with Gasteiger partial charge >= 0.3 is 0 Å². The van der Waals surface area contributed by atoms with Crippen LogP contribution in [0.3, 0.4) is 0 Å². The summed E-state index contributed by atoms with van der Waals surface area (Å²) in [5, 5.41) is 5.40. The highest BCUT2D eigenvalue weighted by molar-refractivity contribution is 7.10. The summed E-state index contributed by atoms with van der Waals surface area (Å²) in [4.78, 5) is 26.2. The quantitative estimate of drug-likeness (QED) is 0.881. The fraction of sp³-hybridized carbons (Fsp3) is 0.250. The zero-order valence-corrected chi connectivity index (χ0v) is 13.8. The van der Waals surface area contributed by atoms with E-state index in [2.05, 4.69) is 5.32 Å². The molecule has 0 aliphatic carbocycles. The SMILES string of the molecule is CC(=O)N(CCNC(=O)Cc1cccs1)c1ccc(Cl)cc1. The molecule has 2 rings (SSSR count). The molecule has 0 aliphatic heterocycles. The predicted molar refractivity (Wildman–Crippen MR) is 90.5 cm³/mol. The lowest BCUT2D eigenvalue weighted by Gasteiger charge is -2.21. The first-order valence-corrected chi connectivity index (χ1v) is 8.15. The van der Waals surface area contributed by atoms with Crippen LogP contribution in [-0.2, 0) is 16.0 Å². The first kappa shape index (κ1) is 16.5. The normalized spacial score (nSPS) is 10.3. The van der Waals surface area contributed by atoms with E-state index in [9.17, 15) is 9.59 Å². The van der Waals surface area contributed by atoms with E-state index in [1.807, 2.05) is 17.5 Å². The van der Waals surface area contributed by atoms with Gasteiger partial charge in [-0.2, -0.15) is 0 Å². The van der Waals surface area contributed by atoms with Gasteiger partial charge in [0, 0.05) is 35.6 Å². The topological polar surface area (TPSA) is 49.4 Å². The minimum absolute atomic E-state index is 0.0398. The van der Waals surface area contributed by atoms with Crippen LogP contribution in [0.5, 0.6) is 0 Å². The van der Waals surface area contributed by atoms with E-state index in [-0.39, 0.29) is 11.8 Å². The molecule has 0 radical (unpaired) electrons. The van der Waals surface area contributed by atoms with Gasteiger partial charge in [-0.15, -0.1) is 11.3 Å². The molecule has 0 aliphatic rings. The standard InChI is InChI=1S/C16H17ClN2O2S/c1-12(20)19(14-6-4-13(17)5-7-14)9-8-18-16(21)11-15-3-2-10-22-15/h2-7,10H,8-9,11H2,1H3,(H,18,21). The molecular weight excluding hydrogens is 320 g/mol. The number of carbonyl (C=O) groups is 2. The number of nitrogens with one attached hydrogen (secondary N) is 1. The summed E-state index contributed by atoms with van der Waals surface area (Å²) in [6.45, 7) is 2.33. The number of thiophene rings is 1. The molecular formula is C16H17ClN2O2S. The Morgan fingerprint density at radius 1 is 1.23 bits per heavy atom. The first-order valence-electron chi connectivity index (χ1n) is 6.89. The van der Waals surface area contributed by atoms with E-state index in [4.69, 9.17) is 11.6 Å². The molecule has 2 aromatic rings. The molecule has 1 aromatic heterocycles. The van der Waals surface area contributed by atoms with Crippen molar-refractivity contribution in [3.05, 3.63) is 51.7 Å². The van der Waals surface area contributed by atoms with Crippen molar-refractivity contribution in [2.45, 2.75) is 13.3 Å². The molecule has 0 fully saturated rings. The second-order valence-electron chi connectivity index (χ2n) is 4.75. The lowest BCUT2D eigenvalue weighted by Crippen LogP contribution is -2.38. The van der Waals surface area contributed by atoms with Crippen LogP contribution in [0.4, 0.5) is 5.69 Å². The van der Waals surface area contributed by atoms with E-state index in [1.165, 1.54) is 6.92 Å². The van der Waals surface area contributed by atoms with Gasteiger partial charge in [0.15, 0.2) is 0 Å². The van der Waals surface area contributed by atoms with Gasteiger partial charge in [-0.1, -0.05) is 17.7 Å². The third-order valence-electron chi connectivity index (χ3n) is 3.09. The van der Waals surface area contributed by atoms with Crippen molar-refractivity contribution in [3.63, 3.8) is 0 Å². The molecule has 1 heterocycles. The van der Waals surface area contributed by atoms with Crippen molar-refractivity contribution < 1.29 is 9.59 Å². The van der Waals surface area contributed by atoms with E-state index < -0.39 is 0 Å². The third kappa shape index (κ3) is 4.86. The Balaban J connectivity index is 1.85. The Bertz CT molecular complexity index is 626. The minimum Gasteiger partial charge on any atom is -0.354 e. The van der Waals surface area contributed by atoms with Gasteiger partial charge in [0.05, 0.1) is 6.42 Å². The van der Waals surface area contributed by atoms with Gasteiger partial charge < -0.3 is 10.2 Å². The Morgan fingerprint density at radius 2 is 1.95 bits per heavy atom. The monoisotopic (exact) mass is 336 g/mol. The van der Waals surface area contributed by atoms with Crippen LogP contribution in [0.1, 0.15) is 11.8 Å². The second kappa shape index (κ2) is 7.96. The summed E-state index contributed by atoms with van der Waals surface area (Å²) in [5.41, 5.74) is 0.768. The number of benzene rings is 1. The molecule has 4 nitrogen and oxygen atoms in total. The molecule has 0 unspecified atom stereocenters.